The number of nitrogens with two attached hydrogens (primary N) is 1. The summed E-state index contributed by atoms with van der Waals surface area (Å²) in [4.78, 5) is 4.42. The lowest BCUT2D eigenvalue weighted by molar-refractivity contribution is 0.202. The Bertz CT molecular complexity index is 555. The second-order valence-electron chi connectivity index (χ2n) is 4.42. The van der Waals surface area contributed by atoms with Crippen LogP contribution in [0.25, 0.3) is 0 Å². The van der Waals surface area contributed by atoms with Gasteiger partial charge in [0.05, 0.1) is 12.3 Å². The number of hydrogen-bond acceptors (Lipinski definition) is 4. The van der Waals surface area contributed by atoms with E-state index in [1.165, 1.54) is 5.56 Å². The van der Waals surface area contributed by atoms with Crippen LogP contribution in [0.2, 0.25) is 0 Å². The first kappa shape index (κ1) is 13.4. The lowest BCUT2D eigenvalue weighted by Gasteiger charge is -2.13. The molecule has 4 nitrogen and oxygen atoms in total. The molecular weight excluding hydrogens is 238 g/mol. The van der Waals surface area contributed by atoms with Gasteiger partial charge in [0, 0.05) is 18.5 Å². The van der Waals surface area contributed by atoms with E-state index in [0.29, 0.717) is 18.1 Å². The van der Waals surface area contributed by atoms with Gasteiger partial charge in [-0.15, -0.1) is 0 Å². The molecule has 19 heavy (non-hydrogen) atoms. The third-order valence-corrected chi connectivity index (χ3v) is 2.91. The molecule has 2 aromatic rings. The Labute approximate surface area is 113 Å². The molecule has 100 valence electrons. The summed E-state index contributed by atoms with van der Waals surface area (Å²) in [7, 11) is 1.70. The largest absolute Gasteiger partial charge is 0.396 e. The van der Waals surface area contributed by atoms with Gasteiger partial charge in [-0.05, 0) is 37.1 Å². The van der Waals surface area contributed by atoms with Crippen LogP contribution in [0.4, 0.5) is 17.2 Å². The molecule has 2 rings (SSSR count). The van der Waals surface area contributed by atoms with Crippen molar-refractivity contribution in [1.82, 2.24) is 4.98 Å². The van der Waals surface area contributed by atoms with Crippen LogP contribution in [0.15, 0.2) is 36.4 Å². The number of ether oxygens (including phenoxy) is 1. The first-order valence-corrected chi connectivity index (χ1v) is 6.27. The van der Waals surface area contributed by atoms with Gasteiger partial charge in [0.25, 0.3) is 0 Å². The molecule has 0 amide bonds. The SMILES string of the molecule is COCCc1ccccc1Nc1nc(C)ccc1N. The van der Waals surface area contributed by atoms with Gasteiger partial charge < -0.3 is 15.8 Å². The predicted octanol–water partition coefficient (Wildman–Crippen LogP) is 2.90. The van der Waals surface area contributed by atoms with E-state index < -0.39 is 0 Å². The summed E-state index contributed by atoms with van der Waals surface area (Å²) in [6, 6.07) is 11.9. The molecule has 0 radical (unpaired) electrons. The molecule has 0 saturated carbocycles. The number of anilines is 3. The van der Waals surface area contributed by atoms with Crippen LogP contribution in [0.3, 0.4) is 0 Å². The van der Waals surface area contributed by atoms with Crippen molar-refractivity contribution in [2.75, 3.05) is 24.8 Å². The molecule has 4 heteroatoms. The van der Waals surface area contributed by atoms with Gasteiger partial charge in [-0.25, -0.2) is 4.98 Å². The minimum absolute atomic E-state index is 0.646. The predicted molar refractivity (Wildman–Crippen MR) is 78.7 cm³/mol. The standard InChI is InChI=1S/C15H19N3O/c1-11-7-8-13(16)15(17-11)18-14-6-4-3-5-12(14)9-10-19-2/h3-8H,9-10,16H2,1-2H3,(H,17,18). The van der Waals surface area contributed by atoms with Crippen molar-refractivity contribution < 1.29 is 4.74 Å². The van der Waals surface area contributed by atoms with Crippen LogP contribution >= 0.6 is 0 Å². The zero-order chi connectivity index (χ0) is 13.7. The number of hydrogen-bond donors (Lipinski definition) is 2. The fraction of sp³-hybridized carbons (Fsp3) is 0.267. The summed E-state index contributed by atoms with van der Waals surface area (Å²) in [5.41, 5.74) is 9.72. The quantitative estimate of drug-likeness (QED) is 0.864. The highest BCUT2D eigenvalue weighted by atomic mass is 16.5. The van der Waals surface area contributed by atoms with Crippen LogP contribution in [0.1, 0.15) is 11.3 Å². The number of nitrogens with zero attached hydrogens (tertiary/aromatic N) is 1. The molecule has 0 unspecified atom stereocenters. The van der Waals surface area contributed by atoms with Crippen molar-refractivity contribution >= 4 is 17.2 Å². The summed E-state index contributed by atoms with van der Waals surface area (Å²) >= 11 is 0. The number of para-hydroxylation sites is 1. The first-order chi connectivity index (χ1) is 9.20. The van der Waals surface area contributed by atoms with Gasteiger partial charge >= 0.3 is 0 Å². The molecule has 0 aliphatic rings. The van der Waals surface area contributed by atoms with Gasteiger partial charge in [0.2, 0.25) is 0 Å². The molecule has 0 spiro atoms. The number of methoxy groups -OCH3 is 1. The van der Waals surface area contributed by atoms with E-state index in [-0.39, 0.29) is 0 Å². The highest BCUT2D eigenvalue weighted by Gasteiger charge is 2.05. The molecule has 1 aromatic carbocycles. The number of nitrogens with one attached hydrogen (secondary N) is 1. The average Bonchev–Trinajstić information content (AvgIpc) is 2.42. The molecular formula is C15H19N3O. The maximum absolute atomic E-state index is 5.94. The summed E-state index contributed by atoms with van der Waals surface area (Å²) in [6.07, 6.45) is 0.853. The van der Waals surface area contributed by atoms with E-state index in [4.69, 9.17) is 10.5 Å². The summed E-state index contributed by atoms with van der Waals surface area (Å²) < 4.78 is 5.13. The Balaban J connectivity index is 2.25. The second kappa shape index (κ2) is 6.20. The van der Waals surface area contributed by atoms with Crippen LogP contribution in [-0.2, 0) is 11.2 Å². The lowest BCUT2D eigenvalue weighted by atomic mass is 10.1. The van der Waals surface area contributed by atoms with Crippen LogP contribution in [0, 0.1) is 6.92 Å². The second-order valence-corrected chi connectivity index (χ2v) is 4.42. The minimum atomic E-state index is 0.646. The number of rotatable bonds is 5. The van der Waals surface area contributed by atoms with Crippen molar-refractivity contribution in [1.29, 1.82) is 0 Å². The van der Waals surface area contributed by atoms with E-state index >= 15 is 0 Å². The van der Waals surface area contributed by atoms with Crippen molar-refractivity contribution in [3.8, 4) is 0 Å². The number of aryl methyl sites for hydroxylation is 1. The summed E-state index contributed by atoms with van der Waals surface area (Å²) in [5.74, 6) is 0.699. The monoisotopic (exact) mass is 257 g/mol. The van der Waals surface area contributed by atoms with Crippen molar-refractivity contribution in [2.45, 2.75) is 13.3 Å². The smallest absolute Gasteiger partial charge is 0.153 e. The first-order valence-electron chi connectivity index (χ1n) is 6.27. The van der Waals surface area contributed by atoms with Crippen LogP contribution in [0.5, 0.6) is 0 Å². The Kier molecular flexibility index (Phi) is 4.36. The molecule has 3 N–H and O–H groups in total. The maximum Gasteiger partial charge on any atom is 0.153 e. The fourth-order valence-corrected chi connectivity index (χ4v) is 1.87. The Morgan fingerprint density at radius 1 is 1.21 bits per heavy atom. The van der Waals surface area contributed by atoms with E-state index in [9.17, 15) is 0 Å². The van der Waals surface area contributed by atoms with E-state index in [1.54, 1.807) is 7.11 Å². The van der Waals surface area contributed by atoms with Gasteiger partial charge in [0.15, 0.2) is 5.82 Å². The van der Waals surface area contributed by atoms with Crippen molar-refractivity contribution in [3.05, 3.63) is 47.7 Å². The summed E-state index contributed by atoms with van der Waals surface area (Å²) in [6.45, 7) is 2.64. The van der Waals surface area contributed by atoms with Gasteiger partial charge in [-0.1, -0.05) is 18.2 Å². The molecule has 0 bridgehead atoms. The third-order valence-electron chi connectivity index (χ3n) is 2.91. The third kappa shape index (κ3) is 3.45. The minimum Gasteiger partial charge on any atom is -0.396 e. The van der Waals surface area contributed by atoms with Gasteiger partial charge in [0.1, 0.15) is 0 Å². The maximum atomic E-state index is 5.94. The molecule has 1 heterocycles. The number of aromatic nitrogens is 1. The number of benzene rings is 1. The average molecular weight is 257 g/mol. The zero-order valence-corrected chi connectivity index (χ0v) is 11.3. The fourth-order valence-electron chi connectivity index (χ4n) is 1.87. The Morgan fingerprint density at radius 3 is 2.79 bits per heavy atom. The molecule has 1 aromatic heterocycles. The Hall–Kier alpha value is -2.07. The number of nitrogen functional groups attached to an aromatic ring is 1. The van der Waals surface area contributed by atoms with Crippen LogP contribution in [-0.4, -0.2) is 18.7 Å². The van der Waals surface area contributed by atoms with Gasteiger partial charge in [-0.3, -0.25) is 0 Å². The molecule has 0 fully saturated rings. The van der Waals surface area contributed by atoms with E-state index in [1.807, 2.05) is 37.3 Å². The van der Waals surface area contributed by atoms with Crippen molar-refractivity contribution in [3.63, 3.8) is 0 Å². The van der Waals surface area contributed by atoms with E-state index in [2.05, 4.69) is 16.4 Å². The van der Waals surface area contributed by atoms with Crippen LogP contribution < -0.4 is 11.1 Å². The highest BCUT2D eigenvalue weighted by molar-refractivity contribution is 5.70. The summed E-state index contributed by atoms with van der Waals surface area (Å²) in [5, 5.41) is 3.30. The molecule has 0 saturated heterocycles. The Morgan fingerprint density at radius 2 is 2.00 bits per heavy atom. The topological polar surface area (TPSA) is 60.2 Å². The molecule has 0 aliphatic carbocycles. The van der Waals surface area contributed by atoms with E-state index in [0.717, 1.165) is 17.8 Å². The zero-order valence-electron chi connectivity index (χ0n) is 11.3. The lowest BCUT2D eigenvalue weighted by Crippen LogP contribution is -2.04. The molecule has 0 aliphatic heterocycles. The number of pyridine rings is 1. The normalized spacial score (nSPS) is 10.4. The highest BCUT2D eigenvalue weighted by Crippen LogP contribution is 2.24. The van der Waals surface area contributed by atoms with Gasteiger partial charge in [-0.2, -0.15) is 0 Å². The van der Waals surface area contributed by atoms with Crippen molar-refractivity contribution in [2.24, 2.45) is 0 Å². The molecule has 0 atom stereocenters.